The van der Waals surface area contributed by atoms with E-state index in [-0.39, 0.29) is 16.2 Å². The van der Waals surface area contributed by atoms with E-state index < -0.39 is 5.82 Å². The molecule has 0 aliphatic heterocycles. The summed E-state index contributed by atoms with van der Waals surface area (Å²) in [5.41, 5.74) is -0.00491. The van der Waals surface area contributed by atoms with E-state index in [1.807, 2.05) is 0 Å². The largest absolute Gasteiger partial charge is 0.286 e. The molecule has 1 heterocycles. The van der Waals surface area contributed by atoms with Crippen LogP contribution >= 0.6 is 27.5 Å². The molecule has 3 nitrogen and oxygen atoms in total. The molecule has 0 saturated heterocycles. The Kier molecular flexibility index (Phi) is 2.52. The topological polar surface area (TPSA) is 34.9 Å². The molecule has 0 amide bonds. The van der Waals surface area contributed by atoms with Crippen LogP contribution in [0.2, 0.25) is 5.28 Å². The third-order valence-electron chi connectivity index (χ3n) is 2.04. The molecule has 2 aromatic rings. The van der Waals surface area contributed by atoms with Gasteiger partial charge in [0.1, 0.15) is 5.82 Å². The van der Waals surface area contributed by atoms with Gasteiger partial charge in [-0.3, -0.25) is 9.36 Å². The van der Waals surface area contributed by atoms with E-state index in [9.17, 15) is 9.18 Å². The molecule has 0 saturated carbocycles. The van der Waals surface area contributed by atoms with Gasteiger partial charge in [0.05, 0.1) is 10.9 Å². The summed E-state index contributed by atoms with van der Waals surface area (Å²) in [6.45, 7) is 0. The van der Waals surface area contributed by atoms with Crippen molar-refractivity contribution in [3.8, 4) is 0 Å². The van der Waals surface area contributed by atoms with Crippen molar-refractivity contribution in [1.29, 1.82) is 0 Å². The summed E-state index contributed by atoms with van der Waals surface area (Å²) < 4.78 is 14.6. The number of rotatable bonds is 0. The molecule has 1 aromatic carbocycles. The van der Waals surface area contributed by atoms with Gasteiger partial charge in [-0.15, -0.1) is 0 Å². The number of hydrogen-bond acceptors (Lipinski definition) is 2. The molecule has 1 aromatic heterocycles. The first-order chi connectivity index (χ1) is 7.00. The van der Waals surface area contributed by atoms with E-state index in [1.54, 1.807) is 0 Å². The van der Waals surface area contributed by atoms with Crippen LogP contribution in [0, 0.1) is 5.82 Å². The van der Waals surface area contributed by atoms with Crippen LogP contribution in [0.5, 0.6) is 0 Å². The van der Waals surface area contributed by atoms with Gasteiger partial charge in [-0.2, -0.15) is 0 Å². The second kappa shape index (κ2) is 3.57. The van der Waals surface area contributed by atoms with Crippen molar-refractivity contribution in [2.75, 3.05) is 0 Å². The third kappa shape index (κ3) is 1.66. The van der Waals surface area contributed by atoms with Crippen molar-refractivity contribution < 1.29 is 4.39 Å². The maximum atomic E-state index is 13.1. The van der Waals surface area contributed by atoms with E-state index >= 15 is 0 Å². The molecular formula is C9H5BrClFN2O. The van der Waals surface area contributed by atoms with Crippen LogP contribution in [0.4, 0.5) is 4.39 Å². The second-order valence-corrected chi connectivity index (χ2v) is 4.22. The molecule has 0 radical (unpaired) electrons. The number of halogens is 3. The van der Waals surface area contributed by atoms with E-state index in [0.717, 1.165) is 10.6 Å². The van der Waals surface area contributed by atoms with Gasteiger partial charge in [0, 0.05) is 11.5 Å². The predicted octanol–water partition coefficient (Wildman–Crippen LogP) is 2.49. The number of hydrogen-bond donors (Lipinski definition) is 0. The smallest absolute Gasteiger partial charge is 0.262 e. The van der Waals surface area contributed by atoms with Gasteiger partial charge in [0.15, 0.2) is 0 Å². The molecule has 0 aliphatic carbocycles. The van der Waals surface area contributed by atoms with Crippen molar-refractivity contribution in [1.82, 2.24) is 9.55 Å². The summed E-state index contributed by atoms with van der Waals surface area (Å²) in [4.78, 5) is 15.7. The van der Waals surface area contributed by atoms with E-state index in [0.29, 0.717) is 9.99 Å². The number of fused-ring (bicyclic) bond motifs is 1. The van der Waals surface area contributed by atoms with Crippen LogP contribution in [0.3, 0.4) is 0 Å². The molecule has 0 aliphatic rings. The Morgan fingerprint density at radius 2 is 2.20 bits per heavy atom. The summed E-state index contributed by atoms with van der Waals surface area (Å²) in [6.07, 6.45) is 0. The van der Waals surface area contributed by atoms with Gasteiger partial charge in [-0.25, -0.2) is 9.37 Å². The Labute approximate surface area is 97.6 Å². The highest BCUT2D eigenvalue weighted by Crippen LogP contribution is 2.22. The SMILES string of the molecule is Cn1c(Cl)nc2c(Br)cc(F)cc2c1=O. The number of benzene rings is 1. The van der Waals surface area contributed by atoms with Crippen LogP contribution in [0.1, 0.15) is 0 Å². The quantitative estimate of drug-likeness (QED) is 0.699. The van der Waals surface area contributed by atoms with Gasteiger partial charge in [-0.1, -0.05) is 0 Å². The first-order valence-electron chi connectivity index (χ1n) is 4.02. The molecule has 0 fully saturated rings. The Balaban J connectivity index is 3.06. The fourth-order valence-corrected chi connectivity index (χ4v) is 1.96. The average molecular weight is 292 g/mol. The van der Waals surface area contributed by atoms with Gasteiger partial charge < -0.3 is 0 Å². The van der Waals surface area contributed by atoms with Crippen LogP contribution in [-0.4, -0.2) is 9.55 Å². The monoisotopic (exact) mass is 290 g/mol. The normalized spacial score (nSPS) is 10.9. The lowest BCUT2D eigenvalue weighted by Crippen LogP contribution is -2.19. The van der Waals surface area contributed by atoms with Crippen molar-refractivity contribution in [2.24, 2.45) is 7.05 Å². The molecule has 0 bridgehead atoms. The molecule has 2 rings (SSSR count). The number of nitrogens with zero attached hydrogens (tertiary/aromatic N) is 2. The first kappa shape index (κ1) is 10.6. The Bertz CT molecular complexity index is 611. The summed E-state index contributed by atoms with van der Waals surface area (Å²) in [5.74, 6) is -0.490. The highest BCUT2D eigenvalue weighted by Gasteiger charge is 2.10. The Morgan fingerprint density at radius 1 is 1.53 bits per heavy atom. The molecule has 0 atom stereocenters. The van der Waals surface area contributed by atoms with Gasteiger partial charge in [0.2, 0.25) is 5.28 Å². The average Bonchev–Trinajstić information content (AvgIpc) is 2.17. The minimum Gasteiger partial charge on any atom is -0.286 e. The van der Waals surface area contributed by atoms with Gasteiger partial charge >= 0.3 is 0 Å². The zero-order valence-electron chi connectivity index (χ0n) is 7.59. The minimum atomic E-state index is -0.490. The van der Waals surface area contributed by atoms with E-state index in [4.69, 9.17) is 11.6 Å². The second-order valence-electron chi connectivity index (χ2n) is 3.03. The summed E-state index contributed by atoms with van der Waals surface area (Å²) in [7, 11) is 1.48. The number of aromatic nitrogens is 2. The lowest BCUT2D eigenvalue weighted by atomic mass is 10.2. The Hall–Kier alpha value is -0.940. The minimum absolute atomic E-state index is 0.0693. The lowest BCUT2D eigenvalue weighted by Gasteiger charge is -2.04. The predicted molar refractivity (Wildman–Crippen MR) is 59.7 cm³/mol. The molecule has 0 unspecified atom stereocenters. The molecule has 6 heteroatoms. The standard InChI is InChI=1S/C9H5BrClFN2O/c1-14-8(15)5-2-4(12)3-6(10)7(5)13-9(14)11/h2-3H,1H3. The molecular weight excluding hydrogens is 286 g/mol. The molecule has 15 heavy (non-hydrogen) atoms. The van der Waals surface area contributed by atoms with Crippen LogP contribution in [0.25, 0.3) is 10.9 Å². The zero-order valence-corrected chi connectivity index (χ0v) is 9.93. The zero-order chi connectivity index (χ0) is 11.2. The van der Waals surface area contributed by atoms with E-state index in [1.165, 1.54) is 13.1 Å². The molecule has 0 spiro atoms. The maximum Gasteiger partial charge on any atom is 0.262 e. The summed E-state index contributed by atoms with van der Waals surface area (Å²) in [6, 6.07) is 2.39. The van der Waals surface area contributed by atoms with E-state index in [2.05, 4.69) is 20.9 Å². The molecule has 0 N–H and O–H groups in total. The fourth-order valence-electron chi connectivity index (χ4n) is 1.27. The first-order valence-corrected chi connectivity index (χ1v) is 5.19. The highest BCUT2D eigenvalue weighted by molar-refractivity contribution is 9.10. The van der Waals surface area contributed by atoms with Crippen molar-refractivity contribution in [3.05, 3.63) is 38.1 Å². The summed E-state index contributed by atoms with van der Waals surface area (Å²) >= 11 is 8.87. The lowest BCUT2D eigenvalue weighted by molar-refractivity contribution is 0.628. The summed E-state index contributed by atoms with van der Waals surface area (Å²) in [5, 5.41) is 0.272. The third-order valence-corrected chi connectivity index (χ3v) is 2.99. The van der Waals surface area contributed by atoms with Crippen molar-refractivity contribution in [2.45, 2.75) is 0 Å². The molecule has 78 valence electrons. The fraction of sp³-hybridized carbons (Fsp3) is 0.111. The van der Waals surface area contributed by atoms with Crippen LogP contribution in [-0.2, 0) is 7.05 Å². The highest BCUT2D eigenvalue weighted by atomic mass is 79.9. The van der Waals surface area contributed by atoms with Crippen molar-refractivity contribution >= 4 is 38.4 Å². The van der Waals surface area contributed by atoms with Gasteiger partial charge in [0.25, 0.3) is 5.56 Å². The van der Waals surface area contributed by atoms with Crippen LogP contribution in [0.15, 0.2) is 21.4 Å². The Morgan fingerprint density at radius 3 is 2.87 bits per heavy atom. The van der Waals surface area contributed by atoms with Crippen LogP contribution < -0.4 is 5.56 Å². The maximum absolute atomic E-state index is 13.1. The van der Waals surface area contributed by atoms with Gasteiger partial charge in [-0.05, 0) is 39.7 Å². The van der Waals surface area contributed by atoms with Crippen molar-refractivity contribution in [3.63, 3.8) is 0 Å².